The third-order valence-corrected chi connectivity index (χ3v) is 2.14. The van der Waals surface area contributed by atoms with E-state index in [1.807, 2.05) is 0 Å². The van der Waals surface area contributed by atoms with Gasteiger partial charge in [-0.05, 0) is 41.1 Å². The fraction of sp³-hybridized carbons (Fsp3) is 0.100. The Morgan fingerprint density at radius 2 is 2.00 bits per heavy atom. The Balaban J connectivity index is 3.10. The third kappa shape index (κ3) is 2.73. The number of halogens is 3. The first-order valence-electron chi connectivity index (χ1n) is 3.84. The molecule has 0 aromatic heterocycles. The van der Waals surface area contributed by atoms with Gasteiger partial charge in [0, 0.05) is 11.6 Å². The van der Waals surface area contributed by atoms with Gasteiger partial charge in [0.05, 0.1) is 4.47 Å². The molecule has 0 radical (unpaired) electrons. The lowest BCUT2D eigenvalue weighted by molar-refractivity contribution is -0.112. The van der Waals surface area contributed by atoms with Gasteiger partial charge in [-0.2, -0.15) is 0 Å². The second kappa shape index (κ2) is 4.46. The molecule has 14 heavy (non-hydrogen) atoms. The lowest BCUT2D eigenvalue weighted by Crippen LogP contribution is -1.88. The first-order chi connectivity index (χ1) is 6.50. The van der Waals surface area contributed by atoms with Crippen LogP contribution in [0.2, 0.25) is 0 Å². The maximum atomic E-state index is 13.1. The van der Waals surface area contributed by atoms with Gasteiger partial charge in [0.1, 0.15) is 11.6 Å². The van der Waals surface area contributed by atoms with E-state index < -0.39 is 11.6 Å². The van der Waals surface area contributed by atoms with Crippen LogP contribution in [0.25, 0.3) is 6.08 Å². The van der Waals surface area contributed by atoms with Crippen LogP contribution in [-0.2, 0) is 4.79 Å². The number of rotatable bonds is 2. The SMILES string of the molecule is CC(=O)/C=C/c1cc(Br)c(F)cc1F. The highest BCUT2D eigenvalue weighted by Crippen LogP contribution is 2.20. The van der Waals surface area contributed by atoms with Crippen LogP contribution in [0.1, 0.15) is 12.5 Å². The molecule has 1 nitrogen and oxygen atoms in total. The zero-order valence-electron chi connectivity index (χ0n) is 7.35. The minimum Gasteiger partial charge on any atom is -0.295 e. The lowest BCUT2D eigenvalue weighted by Gasteiger charge is -1.99. The molecule has 0 spiro atoms. The smallest absolute Gasteiger partial charge is 0.152 e. The summed E-state index contributed by atoms with van der Waals surface area (Å²) in [6.07, 6.45) is 2.53. The zero-order valence-corrected chi connectivity index (χ0v) is 8.94. The van der Waals surface area contributed by atoms with E-state index in [2.05, 4.69) is 15.9 Å². The first-order valence-corrected chi connectivity index (χ1v) is 4.63. The topological polar surface area (TPSA) is 17.1 Å². The summed E-state index contributed by atoms with van der Waals surface area (Å²) in [5, 5.41) is 0. The number of ketones is 1. The summed E-state index contributed by atoms with van der Waals surface area (Å²) in [7, 11) is 0. The van der Waals surface area contributed by atoms with Gasteiger partial charge in [0.2, 0.25) is 0 Å². The molecule has 1 aromatic carbocycles. The van der Waals surface area contributed by atoms with Crippen molar-refractivity contribution in [3.8, 4) is 0 Å². The molecule has 4 heteroatoms. The molecule has 0 saturated heterocycles. The summed E-state index contributed by atoms with van der Waals surface area (Å²) < 4.78 is 26.0. The van der Waals surface area contributed by atoms with Gasteiger partial charge in [0.25, 0.3) is 0 Å². The molecular formula is C10H7BrF2O. The molecule has 0 amide bonds. The van der Waals surface area contributed by atoms with Crippen molar-refractivity contribution in [1.82, 2.24) is 0 Å². The van der Waals surface area contributed by atoms with Crippen molar-refractivity contribution in [2.24, 2.45) is 0 Å². The lowest BCUT2D eigenvalue weighted by atomic mass is 10.2. The van der Waals surface area contributed by atoms with E-state index in [0.717, 1.165) is 6.07 Å². The van der Waals surface area contributed by atoms with Crippen LogP contribution in [0.3, 0.4) is 0 Å². The Morgan fingerprint density at radius 1 is 1.36 bits per heavy atom. The van der Waals surface area contributed by atoms with Crippen LogP contribution in [0.15, 0.2) is 22.7 Å². The Morgan fingerprint density at radius 3 is 2.57 bits per heavy atom. The molecular weight excluding hydrogens is 254 g/mol. The Labute approximate surface area is 88.6 Å². The van der Waals surface area contributed by atoms with Gasteiger partial charge in [-0.1, -0.05) is 0 Å². The highest BCUT2D eigenvalue weighted by Gasteiger charge is 2.05. The van der Waals surface area contributed by atoms with E-state index in [-0.39, 0.29) is 15.8 Å². The van der Waals surface area contributed by atoms with E-state index in [0.29, 0.717) is 0 Å². The fourth-order valence-electron chi connectivity index (χ4n) is 0.873. The number of allylic oxidation sites excluding steroid dienone is 1. The maximum absolute atomic E-state index is 13.1. The maximum Gasteiger partial charge on any atom is 0.152 e. The number of carbonyl (C=O) groups is 1. The molecule has 0 aliphatic rings. The highest BCUT2D eigenvalue weighted by atomic mass is 79.9. The van der Waals surface area contributed by atoms with Crippen LogP contribution in [0.5, 0.6) is 0 Å². The summed E-state index contributed by atoms with van der Waals surface area (Å²) >= 11 is 2.93. The van der Waals surface area contributed by atoms with E-state index in [1.165, 1.54) is 25.1 Å². The van der Waals surface area contributed by atoms with E-state index in [4.69, 9.17) is 0 Å². The van der Waals surface area contributed by atoms with Gasteiger partial charge in [-0.25, -0.2) is 8.78 Å². The highest BCUT2D eigenvalue weighted by molar-refractivity contribution is 9.10. The van der Waals surface area contributed by atoms with Crippen molar-refractivity contribution in [2.45, 2.75) is 6.92 Å². The van der Waals surface area contributed by atoms with Crippen LogP contribution in [-0.4, -0.2) is 5.78 Å². The predicted molar refractivity (Wildman–Crippen MR) is 53.8 cm³/mol. The van der Waals surface area contributed by atoms with Crippen LogP contribution < -0.4 is 0 Å². The largest absolute Gasteiger partial charge is 0.295 e. The number of benzene rings is 1. The standard InChI is InChI=1S/C10H7BrF2O/c1-6(14)2-3-7-4-8(11)10(13)5-9(7)12/h2-5H,1H3/b3-2+. The molecule has 0 aliphatic carbocycles. The Bertz CT molecular complexity index is 399. The zero-order chi connectivity index (χ0) is 10.7. The molecule has 74 valence electrons. The minimum atomic E-state index is -0.691. The Hall–Kier alpha value is -1.03. The second-order valence-corrected chi connectivity index (χ2v) is 3.59. The van der Waals surface area contributed by atoms with Gasteiger partial charge in [-0.15, -0.1) is 0 Å². The third-order valence-electron chi connectivity index (χ3n) is 1.54. The monoisotopic (exact) mass is 260 g/mol. The van der Waals surface area contributed by atoms with Crippen molar-refractivity contribution in [3.05, 3.63) is 39.9 Å². The van der Waals surface area contributed by atoms with Crippen molar-refractivity contribution in [3.63, 3.8) is 0 Å². The van der Waals surface area contributed by atoms with Gasteiger partial charge in [0.15, 0.2) is 5.78 Å². The van der Waals surface area contributed by atoms with E-state index >= 15 is 0 Å². The van der Waals surface area contributed by atoms with Crippen LogP contribution in [0, 0.1) is 11.6 Å². The molecule has 0 fully saturated rings. The van der Waals surface area contributed by atoms with Gasteiger partial charge >= 0.3 is 0 Å². The molecule has 0 aliphatic heterocycles. The number of hydrogen-bond acceptors (Lipinski definition) is 1. The van der Waals surface area contributed by atoms with Crippen molar-refractivity contribution >= 4 is 27.8 Å². The summed E-state index contributed by atoms with van der Waals surface area (Å²) in [5.74, 6) is -1.55. The van der Waals surface area contributed by atoms with Crippen molar-refractivity contribution < 1.29 is 13.6 Å². The second-order valence-electron chi connectivity index (χ2n) is 2.73. The van der Waals surface area contributed by atoms with Crippen LogP contribution in [0.4, 0.5) is 8.78 Å². The average molecular weight is 261 g/mol. The first kappa shape index (κ1) is 11.0. The van der Waals surface area contributed by atoms with E-state index in [1.54, 1.807) is 0 Å². The Kier molecular flexibility index (Phi) is 3.52. The van der Waals surface area contributed by atoms with E-state index in [9.17, 15) is 13.6 Å². The molecule has 0 bridgehead atoms. The molecule has 0 atom stereocenters. The average Bonchev–Trinajstić information content (AvgIpc) is 2.09. The van der Waals surface area contributed by atoms with Gasteiger partial charge < -0.3 is 0 Å². The molecule has 1 aromatic rings. The predicted octanol–water partition coefficient (Wildman–Crippen LogP) is 3.33. The minimum absolute atomic E-state index is 0.169. The molecule has 0 saturated carbocycles. The van der Waals surface area contributed by atoms with Crippen molar-refractivity contribution in [1.29, 1.82) is 0 Å². The summed E-state index contributed by atoms with van der Waals surface area (Å²) in [6.45, 7) is 1.35. The van der Waals surface area contributed by atoms with Crippen molar-refractivity contribution in [2.75, 3.05) is 0 Å². The molecule has 0 N–H and O–H groups in total. The van der Waals surface area contributed by atoms with Crippen LogP contribution >= 0.6 is 15.9 Å². The fourth-order valence-corrected chi connectivity index (χ4v) is 1.23. The number of carbonyl (C=O) groups excluding carboxylic acids is 1. The molecule has 0 heterocycles. The normalized spacial score (nSPS) is 10.9. The summed E-state index contributed by atoms with van der Waals surface area (Å²) in [6, 6.07) is 2.05. The summed E-state index contributed by atoms with van der Waals surface area (Å²) in [5.41, 5.74) is 0.175. The van der Waals surface area contributed by atoms with Gasteiger partial charge in [-0.3, -0.25) is 4.79 Å². The summed E-state index contributed by atoms with van der Waals surface area (Å²) in [4.78, 5) is 10.6. The quantitative estimate of drug-likeness (QED) is 0.589. The molecule has 0 unspecified atom stereocenters. The molecule has 1 rings (SSSR count). The number of hydrogen-bond donors (Lipinski definition) is 0.